The number of likely N-dealkylation sites (N-methyl/N-ethyl adjacent to an activating group) is 1. The third-order valence-corrected chi connectivity index (χ3v) is 5.46. The van der Waals surface area contributed by atoms with Crippen molar-refractivity contribution in [2.24, 2.45) is 0 Å². The smallest absolute Gasteiger partial charge is 0.276 e. The van der Waals surface area contributed by atoms with E-state index in [2.05, 4.69) is 39.8 Å². The van der Waals surface area contributed by atoms with E-state index in [0.717, 1.165) is 36.6 Å². The van der Waals surface area contributed by atoms with Crippen molar-refractivity contribution >= 4 is 33.1 Å². The average Bonchev–Trinajstić information content (AvgIpc) is 3.10. The summed E-state index contributed by atoms with van der Waals surface area (Å²) in [4.78, 5) is 8.77. The Morgan fingerprint density at radius 2 is 2.32 bits per heavy atom. The molecule has 0 aliphatic carbocycles. The molecule has 0 saturated carbocycles. The van der Waals surface area contributed by atoms with Crippen LogP contribution in [-0.2, 0) is 13.0 Å². The lowest BCUT2D eigenvalue weighted by Crippen LogP contribution is -3.08. The lowest BCUT2D eigenvalue weighted by atomic mass is 10.1. The summed E-state index contributed by atoms with van der Waals surface area (Å²) >= 11 is 1.81. The number of aromatic nitrogens is 5. The van der Waals surface area contributed by atoms with Crippen LogP contribution in [0.5, 0.6) is 0 Å². The number of anilines is 1. The number of unbranched alkanes of at least 4 members (excludes halogenated alkanes) is 1. The minimum absolute atomic E-state index is 0.575. The van der Waals surface area contributed by atoms with Crippen molar-refractivity contribution in [1.82, 2.24) is 25.0 Å². The SMILES string of the molecule is CCCCNc1nc2nnnn2c2sc3c(c12)CC[NH+](C)C3. The van der Waals surface area contributed by atoms with E-state index in [1.54, 1.807) is 9.42 Å². The van der Waals surface area contributed by atoms with Crippen LogP contribution in [0.25, 0.3) is 16.0 Å². The molecule has 3 aromatic heterocycles. The molecule has 1 unspecified atom stereocenters. The third kappa shape index (κ3) is 2.14. The molecule has 0 amide bonds. The van der Waals surface area contributed by atoms with Crippen LogP contribution in [0.4, 0.5) is 5.82 Å². The summed E-state index contributed by atoms with van der Waals surface area (Å²) in [6, 6.07) is 0. The molecule has 4 rings (SSSR count). The Bertz CT molecular complexity index is 821. The predicted octanol–water partition coefficient (Wildman–Crippen LogP) is 0.517. The van der Waals surface area contributed by atoms with E-state index in [0.29, 0.717) is 5.78 Å². The molecule has 22 heavy (non-hydrogen) atoms. The molecule has 7 nitrogen and oxygen atoms in total. The van der Waals surface area contributed by atoms with Crippen LogP contribution in [0.1, 0.15) is 30.2 Å². The van der Waals surface area contributed by atoms with Crippen LogP contribution >= 0.6 is 11.3 Å². The highest BCUT2D eigenvalue weighted by Crippen LogP contribution is 2.36. The summed E-state index contributed by atoms with van der Waals surface area (Å²) in [7, 11) is 2.25. The summed E-state index contributed by atoms with van der Waals surface area (Å²) in [6.45, 7) is 5.38. The Hall–Kier alpha value is -1.80. The lowest BCUT2D eigenvalue weighted by molar-refractivity contribution is -0.895. The number of nitrogens with one attached hydrogen (secondary N) is 2. The number of hydrogen-bond donors (Lipinski definition) is 2. The number of tetrazole rings is 1. The maximum atomic E-state index is 4.65. The van der Waals surface area contributed by atoms with Crippen molar-refractivity contribution in [3.05, 3.63) is 10.4 Å². The van der Waals surface area contributed by atoms with Crippen molar-refractivity contribution in [3.63, 3.8) is 0 Å². The van der Waals surface area contributed by atoms with Gasteiger partial charge in [-0.2, -0.15) is 9.50 Å². The van der Waals surface area contributed by atoms with Crippen LogP contribution in [0.2, 0.25) is 0 Å². The molecule has 0 saturated heterocycles. The van der Waals surface area contributed by atoms with Gasteiger partial charge in [0.15, 0.2) is 0 Å². The van der Waals surface area contributed by atoms with Crippen molar-refractivity contribution in [2.45, 2.75) is 32.7 Å². The van der Waals surface area contributed by atoms with Crippen LogP contribution in [-0.4, -0.2) is 45.2 Å². The zero-order chi connectivity index (χ0) is 15.1. The van der Waals surface area contributed by atoms with Crippen LogP contribution in [0.3, 0.4) is 0 Å². The first-order chi connectivity index (χ1) is 10.8. The first kappa shape index (κ1) is 13.8. The number of rotatable bonds is 4. The minimum atomic E-state index is 0.575. The van der Waals surface area contributed by atoms with Crippen molar-refractivity contribution in [1.29, 1.82) is 0 Å². The Morgan fingerprint density at radius 3 is 3.18 bits per heavy atom. The second-order valence-corrected chi connectivity index (χ2v) is 7.03. The molecule has 3 aromatic rings. The Balaban J connectivity index is 1.91. The highest BCUT2D eigenvalue weighted by Gasteiger charge is 2.26. The molecule has 1 atom stereocenters. The normalized spacial score (nSPS) is 18.0. The molecule has 0 bridgehead atoms. The van der Waals surface area contributed by atoms with E-state index < -0.39 is 0 Å². The molecule has 2 N–H and O–H groups in total. The van der Waals surface area contributed by atoms with E-state index in [1.165, 1.54) is 28.8 Å². The number of thiophene rings is 1. The molecular weight excluding hydrogens is 298 g/mol. The van der Waals surface area contributed by atoms with E-state index >= 15 is 0 Å². The van der Waals surface area contributed by atoms with Gasteiger partial charge >= 0.3 is 0 Å². The van der Waals surface area contributed by atoms with E-state index in [1.807, 2.05) is 11.3 Å². The van der Waals surface area contributed by atoms with Gasteiger partial charge in [-0.3, -0.25) is 0 Å². The molecule has 0 spiro atoms. The Morgan fingerprint density at radius 1 is 1.41 bits per heavy atom. The second-order valence-electron chi connectivity index (χ2n) is 5.95. The summed E-state index contributed by atoms with van der Waals surface area (Å²) in [6.07, 6.45) is 3.40. The molecule has 0 radical (unpaired) electrons. The van der Waals surface area contributed by atoms with Crippen LogP contribution in [0, 0.1) is 0 Å². The fourth-order valence-corrected chi connectivity index (χ4v) is 4.46. The zero-order valence-corrected chi connectivity index (χ0v) is 13.7. The summed E-state index contributed by atoms with van der Waals surface area (Å²) in [5.74, 6) is 1.52. The van der Waals surface area contributed by atoms with Gasteiger partial charge in [0.2, 0.25) is 0 Å². The Kier molecular flexibility index (Phi) is 3.42. The van der Waals surface area contributed by atoms with E-state index in [4.69, 9.17) is 0 Å². The highest BCUT2D eigenvalue weighted by atomic mass is 32.1. The van der Waals surface area contributed by atoms with Gasteiger partial charge in [-0.15, -0.1) is 11.3 Å². The van der Waals surface area contributed by atoms with Crippen molar-refractivity contribution in [2.75, 3.05) is 25.5 Å². The first-order valence-electron chi connectivity index (χ1n) is 7.85. The predicted molar refractivity (Wildman–Crippen MR) is 86.5 cm³/mol. The molecule has 4 heterocycles. The number of hydrogen-bond acceptors (Lipinski definition) is 6. The number of fused-ring (bicyclic) bond motifs is 5. The fourth-order valence-electron chi connectivity index (χ4n) is 3.05. The van der Waals surface area contributed by atoms with Gasteiger partial charge < -0.3 is 10.2 Å². The Labute approximate surface area is 132 Å². The minimum Gasteiger partial charge on any atom is -0.369 e. The highest BCUT2D eigenvalue weighted by molar-refractivity contribution is 7.19. The van der Waals surface area contributed by atoms with Gasteiger partial charge in [0, 0.05) is 13.0 Å². The summed E-state index contributed by atoms with van der Waals surface area (Å²) < 4.78 is 1.78. The topological polar surface area (TPSA) is 72.4 Å². The van der Waals surface area contributed by atoms with Gasteiger partial charge in [-0.25, -0.2) is 0 Å². The summed E-state index contributed by atoms with van der Waals surface area (Å²) in [5.41, 5.74) is 1.44. The molecule has 1 aliphatic heterocycles. The quantitative estimate of drug-likeness (QED) is 0.686. The third-order valence-electron chi connectivity index (χ3n) is 4.25. The van der Waals surface area contributed by atoms with Gasteiger partial charge in [-0.1, -0.05) is 18.4 Å². The molecule has 116 valence electrons. The zero-order valence-electron chi connectivity index (χ0n) is 12.9. The van der Waals surface area contributed by atoms with Gasteiger partial charge in [0.25, 0.3) is 5.78 Å². The number of nitrogens with zero attached hydrogens (tertiary/aromatic N) is 5. The van der Waals surface area contributed by atoms with Gasteiger partial charge in [0.1, 0.15) is 17.2 Å². The molecular formula is C14H20N7S+. The summed E-state index contributed by atoms with van der Waals surface area (Å²) in [5, 5.41) is 16.7. The van der Waals surface area contributed by atoms with Gasteiger partial charge in [0.05, 0.1) is 23.9 Å². The lowest BCUT2D eigenvalue weighted by Gasteiger charge is -2.19. The second kappa shape index (κ2) is 5.44. The van der Waals surface area contributed by atoms with Crippen LogP contribution in [0.15, 0.2) is 0 Å². The van der Waals surface area contributed by atoms with Gasteiger partial charge in [-0.05, 0) is 22.4 Å². The maximum Gasteiger partial charge on any atom is 0.276 e. The van der Waals surface area contributed by atoms with Crippen LogP contribution < -0.4 is 10.2 Å². The molecule has 8 heteroatoms. The number of quaternary nitrogens is 1. The van der Waals surface area contributed by atoms with E-state index in [-0.39, 0.29) is 0 Å². The molecule has 1 aliphatic rings. The monoisotopic (exact) mass is 318 g/mol. The fraction of sp³-hybridized carbons (Fsp3) is 0.571. The largest absolute Gasteiger partial charge is 0.369 e. The van der Waals surface area contributed by atoms with Crippen molar-refractivity contribution in [3.8, 4) is 0 Å². The molecule has 0 aromatic carbocycles. The maximum absolute atomic E-state index is 4.65. The average molecular weight is 318 g/mol. The molecule has 0 fully saturated rings. The van der Waals surface area contributed by atoms with E-state index in [9.17, 15) is 0 Å². The standard InChI is InChI=1S/C14H19N7S/c1-3-4-6-15-12-11-9-5-7-20(2)8-10(9)22-13(11)21-14(16-12)17-18-19-21/h3-8H2,1-2H3,(H,15,16,17,19)/p+1. The van der Waals surface area contributed by atoms with Crippen molar-refractivity contribution < 1.29 is 4.90 Å². The first-order valence-corrected chi connectivity index (χ1v) is 8.67.